The molecule has 0 spiro atoms. The number of hydrogen-bond acceptors (Lipinski definition) is 3. The van der Waals surface area contributed by atoms with Crippen molar-refractivity contribution in [3.63, 3.8) is 0 Å². The standard InChI is InChI=1S/C13H13Cl2NO3/c1-12(7-13(12,14)15)11(18)19-9(10(16)17)8-5-3-2-4-6-8/h2-6,9H,7H2,1H3,(H2,16,17)/t9-,12-/m1/s1. The van der Waals surface area contributed by atoms with Crippen molar-refractivity contribution in [1.82, 2.24) is 0 Å². The fraction of sp³-hybridized carbons (Fsp3) is 0.385. The number of esters is 1. The summed E-state index contributed by atoms with van der Waals surface area (Å²) in [4.78, 5) is 23.5. The van der Waals surface area contributed by atoms with Gasteiger partial charge in [0.2, 0.25) is 6.10 Å². The highest BCUT2D eigenvalue weighted by Gasteiger charge is 2.69. The van der Waals surface area contributed by atoms with Gasteiger partial charge in [0.25, 0.3) is 5.91 Å². The van der Waals surface area contributed by atoms with Crippen LogP contribution in [0, 0.1) is 5.41 Å². The smallest absolute Gasteiger partial charge is 0.316 e. The monoisotopic (exact) mass is 301 g/mol. The summed E-state index contributed by atoms with van der Waals surface area (Å²) in [5, 5.41) is 0. The molecule has 0 aliphatic heterocycles. The largest absolute Gasteiger partial charge is 0.447 e. The highest BCUT2D eigenvalue weighted by molar-refractivity contribution is 6.53. The lowest BCUT2D eigenvalue weighted by Crippen LogP contribution is -2.30. The Kier molecular flexibility index (Phi) is 3.49. The number of alkyl halides is 2. The Morgan fingerprint density at radius 2 is 1.84 bits per heavy atom. The lowest BCUT2D eigenvalue weighted by Gasteiger charge is -2.18. The minimum absolute atomic E-state index is 0.294. The lowest BCUT2D eigenvalue weighted by molar-refractivity contribution is -0.160. The van der Waals surface area contributed by atoms with Crippen molar-refractivity contribution in [2.75, 3.05) is 0 Å². The number of amides is 1. The molecule has 1 aromatic carbocycles. The molecular formula is C13H13Cl2NO3. The van der Waals surface area contributed by atoms with Crippen molar-refractivity contribution in [3.05, 3.63) is 35.9 Å². The summed E-state index contributed by atoms with van der Waals surface area (Å²) in [5.74, 6) is -1.36. The molecule has 1 fully saturated rings. The quantitative estimate of drug-likeness (QED) is 0.685. The van der Waals surface area contributed by atoms with Crippen LogP contribution in [0.1, 0.15) is 25.0 Å². The number of benzene rings is 1. The van der Waals surface area contributed by atoms with Gasteiger partial charge in [0.15, 0.2) is 0 Å². The van der Waals surface area contributed by atoms with Gasteiger partial charge in [0.1, 0.15) is 9.75 Å². The maximum Gasteiger partial charge on any atom is 0.316 e. The van der Waals surface area contributed by atoms with Crippen molar-refractivity contribution in [2.24, 2.45) is 11.1 Å². The number of primary amides is 1. The van der Waals surface area contributed by atoms with E-state index in [-0.39, 0.29) is 0 Å². The van der Waals surface area contributed by atoms with E-state index in [2.05, 4.69) is 0 Å². The van der Waals surface area contributed by atoms with Crippen LogP contribution >= 0.6 is 23.2 Å². The Morgan fingerprint density at radius 3 is 2.26 bits per heavy atom. The Morgan fingerprint density at radius 1 is 1.32 bits per heavy atom. The normalized spacial score (nSPS) is 25.4. The van der Waals surface area contributed by atoms with E-state index in [4.69, 9.17) is 33.7 Å². The van der Waals surface area contributed by atoms with Crippen LogP contribution in [0.5, 0.6) is 0 Å². The summed E-state index contributed by atoms with van der Waals surface area (Å²) in [7, 11) is 0. The summed E-state index contributed by atoms with van der Waals surface area (Å²) in [5.41, 5.74) is 4.79. The van der Waals surface area contributed by atoms with Crippen LogP contribution in [-0.2, 0) is 14.3 Å². The molecule has 1 amide bonds. The van der Waals surface area contributed by atoms with E-state index >= 15 is 0 Å². The predicted molar refractivity (Wildman–Crippen MR) is 71.6 cm³/mol. The Balaban J connectivity index is 2.16. The van der Waals surface area contributed by atoms with Crippen molar-refractivity contribution < 1.29 is 14.3 Å². The average molecular weight is 302 g/mol. The number of carbonyl (C=O) groups is 2. The molecule has 1 aliphatic carbocycles. The van der Waals surface area contributed by atoms with Gasteiger partial charge in [-0.1, -0.05) is 30.3 Å². The maximum absolute atomic E-state index is 12.0. The number of hydrogen-bond donors (Lipinski definition) is 1. The van der Waals surface area contributed by atoms with E-state index in [0.29, 0.717) is 12.0 Å². The Labute approximate surface area is 120 Å². The van der Waals surface area contributed by atoms with Crippen molar-refractivity contribution in [1.29, 1.82) is 0 Å². The molecule has 0 heterocycles. The molecule has 4 nitrogen and oxygen atoms in total. The fourth-order valence-corrected chi connectivity index (χ4v) is 2.47. The van der Waals surface area contributed by atoms with Crippen LogP contribution in [0.2, 0.25) is 0 Å². The van der Waals surface area contributed by atoms with E-state index in [0.717, 1.165) is 0 Å². The zero-order valence-corrected chi connectivity index (χ0v) is 11.7. The zero-order chi connectivity index (χ0) is 14.3. The molecule has 2 atom stereocenters. The Hall–Kier alpha value is -1.26. The van der Waals surface area contributed by atoms with Crippen molar-refractivity contribution >= 4 is 35.1 Å². The minimum atomic E-state index is -1.14. The predicted octanol–water partition coefficient (Wildman–Crippen LogP) is 2.34. The number of rotatable bonds is 4. The highest BCUT2D eigenvalue weighted by atomic mass is 35.5. The Bertz CT molecular complexity index is 518. The van der Waals surface area contributed by atoms with E-state index in [1.165, 1.54) is 0 Å². The second-order valence-electron chi connectivity index (χ2n) is 4.81. The molecule has 1 aromatic rings. The van der Waals surface area contributed by atoms with Gasteiger partial charge < -0.3 is 10.5 Å². The molecule has 0 aromatic heterocycles. The third kappa shape index (κ3) is 2.55. The summed E-state index contributed by atoms with van der Waals surface area (Å²) in [6, 6.07) is 8.56. The SMILES string of the molecule is C[C@]1(C(=O)O[C@@H](C(N)=O)c2ccccc2)CC1(Cl)Cl. The molecule has 102 valence electrons. The molecular weight excluding hydrogens is 289 g/mol. The first-order chi connectivity index (χ1) is 8.78. The summed E-state index contributed by atoms with van der Waals surface area (Å²) in [6.45, 7) is 1.60. The molecule has 0 radical (unpaired) electrons. The van der Waals surface area contributed by atoms with Gasteiger partial charge in [-0.25, -0.2) is 0 Å². The molecule has 1 saturated carbocycles. The number of carbonyl (C=O) groups excluding carboxylic acids is 2. The van der Waals surface area contributed by atoms with Crippen LogP contribution in [0.15, 0.2) is 30.3 Å². The van der Waals surface area contributed by atoms with Gasteiger partial charge in [-0.05, 0) is 6.92 Å². The first kappa shape index (κ1) is 14.2. The topological polar surface area (TPSA) is 69.4 Å². The summed E-state index contributed by atoms with van der Waals surface area (Å²) >= 11 is 11.8. The molecule has 2 rings (SSSR count). The number of halogens is 2. The molecule has 0 unspecified atom stereocenters. The van der Waals surface area contributed by atoms with E-state index in [1.807, 2.05) is 0 Å². The van der Waals surface area contributed by atoms with Gasteiger partial charge >= 0.3 is 5.97 Å². The molecule has 1 aliphatic rings. The second kappa shape index (κ2) is 4.69. The van der Waals surface area contributed by atoms with E-state index in [9.17, 15) is 9.59 Å². The van der Waals surface area contributed by atoms with Gasteiger partial charge in [-0.3, -0.25) is 9.59 Å². The van der Waals surface area contributed by atoms with Gasteiger partial charge in [-0.2, -0.15) is 0 Å². The maximum atomic E-state index is 12.0. The van der Waals surface area contributed by atoms with Crippen LogP contribution < -0.4 is 5.73 Å². The van der Waals surface area contributed by atoms with E-state index in [1.54, 1.807) is 37.3 Å². The lowest BCUT2D eigenvalue weighted by atomic mass is 10.1. The van der Waals surface area contributed by atoms with Gasteiger partial charge in [-0.15, -0.1) is 23.2 Å². The number of ether oxygens (including phenoxy) is 1. The minimum Gasteiger partial charge on any atom is -0.447 e. The van der Waals surface area contributed by atoms with Crippen molar-refractivity contribution in [3.8, 4) is 0 Å². The van der Waals surface area contributed by atoms with Crippen LogP contribution in [0.4, 0.5) is 0 Å². The van der Waals surface area contributed by atoms with Crippen LogP contribution in [0.3, 0.4) is 0 Å². The first-order valence-electron chi connectivity index (χ1n) is 5.71. The molecule has 2 N–H and O–H groups in total. The average Bonchev–Trinajstić information content (AvgIpc) is 2.87. The second-order valence-corrected chi connectivity index (χ2v) is 6.30. The summed E-state index contributed by atoms with van der Waals surface area (Å²) in [6.07, 6.45) is -0.836. The van der Waals surface area contributed by atoms with Crippen molar-refractivity contribution in [2.45, 2.75) is 23.8 Å². The molecule has 19 heavy (non-hydrogen) atoms. The first-order valence-corrected chi connectivity index (χ1v) is 6.47. The molecule has 6 heteroatoms. The molecule has 0 saturated heterocycles. The van der Waals surface area contributed by atoms with E-state index < -0.39 is 27.7 Å². The van der Waals surface area contributed by atoms with Crippen LogP contribution in [-0.4, -0.2) is 16.2 Å². The zero-order valence-electron chi connectivity index (χ0n) is 10.2. The molecule has 0 bridgehead atoms. The highest BCUT2D eigenvalue weighted by Crippen LogP contribution is 2.64. The van der Waals surface area contributed by atoms with Gasteiger partial charge in [0, 0.05) is 12.0 Å². The third-order valence-electron chi connectivity index (χ3n) is 3.29. The number of nitrogens with two attached hydrogens (primary N) is 1. The fourth-order valence-electron chi connectivity index (χ4n) is 1.78. The van der Waals surface area contributed by atoms with Crippen LogP contribution in [0.25, 0.3) is 0 Å². The third-order valence-corrected chi connectivity index (χ3v) is 4.40. The van der Waals surface area contributed by atoms with Gasteiger partial charge in [0.05, 0.1) is 0 Å². The summed E-state index contributed by atoms with van der Waals surface area (Å²) < 4.78 is 4.04.